The maximum absolute atomic E-state index is 13.0. The molecule has 4 N–H and O–H groups in total. The molecule has 5 nitrogen and oxygen atoms in total. The molecule has 3 aromatic rings. The zero-order valence-corrected chi connectivity index (χ0v) is 16.4. The number of amides is 1. The normalized spacial score (nSPS) is 15.2. The van der Waals surface area contributed by atoms with Gasteiger partial charge in [0.1, 0.15) is 0 Å². The molecule has 144 valence electrons. The Morgan fingerprint density at radius 2 is 1.89 bits per heavy atom. The molecule has 0 aliphatic carbocycles. The number of fused-ring (bicyclic) bond motifs is 1. The first-order valence-electron chi connectivity index (χ1n) is 9.53. The van der Waals surface area contributed by atoms with Crippen LogP contribution < -0.4 is 11.2 Å². The molecule has 2 aromatic carbocycles. The van der Waals surface area contributed by atoms with E-state index in [0.717, 1.165) is 41.6 Å². The zero-order chi connectivity index (χ0) is 19.7. The van der Waals surface area contributed by atoms with E-state index in [9.17, 15) is 14.8 Å². The number of nitrogens with two attached hydrogens (primary N) is 1. The number of carbonyl (C=O) groups excluding carboxylic acids is 1. The molecule has 1 aromatic heterocycles. The molecule has 1 saturated heterocycles. The highest BCUT2D eigenvalue weighted by Gasteiger charge is 2.26. The van der Waals surface area contributed by atoms with Gasteiger partial charge < -0.3 is 20.7 Å². The first kappa shape index (κ1) is 19.1. The number of nitrogens with zero attached hydrogens (tertiary/aromatic N) is 1. The summed E-state index contributed by atoms with van der Waals surface area (Å²) in [4.78, 5) is 15.5. The zero-order valence-electron chi connectivity index (χ0n) is 15.5. The summed E-state index contributed by atoms with van der Waals surface area (Å²) in [7, 11) is -1.54. The van der Waals surface area contributed by atoms with Crippen LogP contribution in [0.4, 0.5) is 0 Å². The number of hydrogen-bond acceptors (Lipinski definition) is 5. The molecule has 0 unspecified atom stereocenters. The van der Waals surface area contributed by atoms with Crippen LogP contribution in [0.3, 0.4) is 0 Å². The first-order chi connectivity index (χ1) is 13.6. The highest BCUT2D eigenvalue weighted by molar-refractivity contribution is 7.21. The van der Waals surface area contributed by atoms with Crippen molar-refractivity contribution < 1.29 is 14.8 Å². The number of thiophene rings is 1. The lowest BCUT2D eigenvalue weighted by atomic mass is 9.78. The van der Waals surface area contributed by atoms with Gasteiger partial charge in [0.15, 0.2) is 0 Å². The Morgan fingerprint density at radius 3 is 2.61 bits per heavy atom. The molecule has 0 bridgehead atoms. The van der Waals surface area contributed by atoms with Gasteiger partial charge in [-0.2, -0.15) is 0 Å². The Morgan fingerprint density at radius 1 is 1.14 bits per heavy atom. The molecular weight excluding hydrogens is 371 g/mol. The fraction of sp³-hybridized carbons (Fsp3) is 0.286. The van der Waals surface area contributed by atoms with Gasteiger partial charge in [0.2, 0.25) is 0 Å². The Labute approximate surface area is 168 Å². The van der Waals surface area contributed by atoms with Crippen molar-refractivity contribution in [2.24, 2.45) is 5.73 Å². The van der Waals surface area contributed by atoms with Crippen molar-refractivity contribution in [1.29, 1.82) is 0 Å². The second kappa shape index (κ2) is 8.05. The average molecular weight is 394 g/mol. The van der Waals surface area contributed by atoms with Crippen LogP contribution in [0.15, 0.2) is 48.5 Å². The molecular formula is C21H23BN2O3S. The fourth-order valence-corrected chi connectivity index (χ4v) is 5.02. The topological polar surface area (TPSA) is 86.8 Å². The van der Waals surface area contributed by atoms with Gasteiger partial charge in [0, 0.05) is 24.3 Å². The molecule has 1 aliphatic rings. The second-order valence-corrected chi connectivity index (χ2v) is 8.34. The van der Waals surface area contributed by atoms with Gasteiger partial charge in [0.05, 0.1) is 4.88 Å². The molecule has 1 amide bonds. The van der Waals surface area contributed by atoms with E-state index in [1.807, 2.05) is 17.0 Å². The van der Waals surface area contributed by atoms with E-state index in [4.69, 9.17) is 5.73 Å². The van der Waals surface area contributed by atoms with Crippen molar-refractivity contribution in [3.8, 4) is 0 Å². The number of hydrogen-bond donors (Lipinski definition) is 3. The van der Waals surface area contributed by atoms with Crippen LogP contribution in [0.25, 0.3) is 10.1 Å². The molecule has 7 heteroatoms. The third-order valence-electron chi connectivity index (χ3n) is 5.52. The second-order valence-electron chi connectivity index (χ2n) is 7.26. The molecule has 0 radical (unpaired) electrons. The van der Waals surface area contributed by atoms with E-state index in [2.05, 4.69) is 18.2 Å². The van der Waals surface area contributed by atoms with Crippen LogP contribution >= 0.6 is 11.3 Å². The van der Waals surface area contributed by atoms with E-state index in [1.165, 1.54) is 16.9 Å². The Bertz CT molecular complexity index is 996. The summed E-state index contributed by atoms with van der Waals surface area (Å²) in [6.07, 6.45) is 1.87. The summed E-state index contributed by atoms with van der Waals surface area (Å²) in [5.41, 5.74) is 8.63. The summed E-state index contributed by atoms with van der Waals surface area (Å²) < 4.78 is 0.891. The van der Waals surface area contributed by atoms with E-state index in [0.29, 0.717) is 22.8 Å². The SMILES string of the molecule is NCc1cccc(C2CCN(C(=O)c3cc4c(B(O)O)cccc4s3)CC2)c1. The number of benzene rings is 2. The van der Waals surface area contributed by atoms with Gasteiger partial charge in [-0.05, 0) is 52.9 Å². The van der Waals surface area contributed by atoms with Crippen LogP contribution in [-0.4, -0.2) is 41.1 Å². The molecule has 0 spiro atoms. The van der Waals surface area contributed by atoms with E-state index in [1.54, 1.807) is 18.2 Å². The molecule has 1 fully saturated rings. The van der Waals surface area contributed by atoms with Crippen LogP contribution in [0.2, 0.25) is 0 Å². The Kier molecular flexibility index (Phi) is 5.50. The van der Waals surface area contributed by atoms with Crippen LogP contribution in [0.1, 0.15) is 39.6 Å². The standard InChI is InChI=1S/C21H23BN2O3S/c23-13-14-3-1-4-16(11-14)15-7-9-24(10-8-15)21(25)20-12-17-18(22(26)27)5-2-6-19(17)28-20/h1-6,11-12,15,26-27H,7-10,13,23H2. The predicted octanol–water partition coefficient (Wildman–Crippen LogP) is 2.06. The van der Waals surface area contributed by atoms with Gasteiger partial charge in [-0.3, -0.25) is 4.79 Å². The predicted molar refractivity (Wildman–Crippen MR) is 114 cm³/mol. The Hall–Kier alpha value is -2.19. The lowest BCUT2D eigenvalue weighted by Gasteiger charge is -2.32. The summed E-state index contributed by atoms with van der Waals surface area (Å²) in [6, 6.07) is 15.6. The largest absolute Gasteiger partial charge is 0.489 e. The van der Waals surface area contributed by atoms with Crippen molar-refractivity contribution in [2.45, 2.75) is 25.3 Å². The molecule has 28 heavy (non-hydrogen) atoms. The highest BCUT2D eigenvalue weighted by Crippen LogP contribution is 2.31. The first-order valence-corrected chi connectivity index (χ1v) is 10.3. The lowest BCUT2D eigenvalue weighted by Crippen LogP contribution is -2.37. The van der Waals surface area contributed by atoms with Crippen molar-refractivity contribution in [1.82, 2.24) is 4.90 Å². The molecule has 0 atom stereocenters. The lowest BCUT2D eigenvalue weighted by molar-refractivity contribution is 0.0718. The van der Waals surface area contributed by atoms with Crippen LogP contribution in [-0.2, 0) is 6.54 Å². The maximum Gasteiger partial charge on any atom is 0.489 e. The van der Waals surface area contributed by atoms with Crippen LogP contribution in [0.5, 0.6) is 0 Å². The van der Waals surface area contributed by atoms with Gasteiger partial charge >= 0.3 is 7.12 Å². The third-order valence-corrected chi connectivity index (χ3v) is 6.61. The van der Waals surface area contributed by atoms with Crippen molar-refractivity contribution >= 4 is 39.9 Å². The molecule has 1 aliphatic heterocycles. The molecule has 4 rings (SSSR count). The van der Waals surface area contributed by atoms with Crippen molar-refractivity contribution in [3.63, 3.8) is 0 Å². The summed E-state index contributed by atoms with van der Waals surface area (Å²) in [6.45, 7) is 1.99. The van der Waals surface area contributed by atoms with E-state index in [-0.39, 0.29) is 5.91 Å². The van der Waals surface area contributed by atoms with Gasteiger partial charge in [-0.25, -0.2) is 0 Å². The van der Waals surface area contributed by atoms with E-state index < -0.39 is 7.12 Å². The summed E-state index contributed by atoms with van der Waals surface area (Å²) in [5.74, 6) is 0.475. The number of likely N-dealkylation sites (tertiary alicyclic amines) is 1. The smallest absolute Gasteiger partial charge is 0.423 e. The minimum atomic E-state index is -1.54. The number of piperidine rings is 1. The highest BCUT2D eigenvalue weighted by atomic mass is 32.1. The van der Waals surface area contributed by atoms with Gasteiger partial charge in [-0.15, -0.1) is 11.3 Å². The monoisotopic (exact) mass is 394 g/mol. The summed E-state index contributed by atoms with van der Waals surface area (Å²) in [5, 5.41) is 19.8. The maximum atomic E-state index is 13.0. The fourth-order valence-electron chi connectivity index (χ4n) is 3.96. The molecule has 2 heterocycles. The third kappa shape index (κ3) is 3.71. The minimum absolute atomic E-state index is 0.0220. The van der Waals surface area contributed by atoms with E-state index >= 15 is 0 Å². The average Bonchev–Trinajstić information content (AvgIpc) is 3.17. The van der Waals surface area contributed by atoms with Gasteiger partial charge in [-0.1, -0.05) is 36.4 Å². The minimum Gasteiger partial charge on any atom is -0.423 e. The number of carbonyl (C=O) groups is 1. The van der Waals surface area contributed by atoms with Crippen molar-refractivity contribution in [3.05, 3.63) is 64.5 Å². The number of rotatable bonds is 4. The Balaban J connectivity index is 1.48. The van der Waals surface area contributed by atoms with Crippen molar-refractivity contribution in [2.75, 3.05) is 13.1 Å². The van der Waals surface area contributed by atoms with Crippen LogP contribution in [0, 0.1) is 0 Å². The quantitative estimate of drug-likeness (QED) is 0.592. The molecule has 0 saturated carbocycles. The van der Waals surface area contributed by atoms with Gasteiger partial charge in [0.25, 0.3) is 5.91 Å². The summed E-state index contributed by atoms with van der Waals surface area (Å²) >= 11 is 1.41.